The first-order valence-corrected chi connectivity index (χ1v) is 6.20. The van der Waals surface area contributed by atoms with E-state index in [-0.39, 0.29) is 12.1 Å². The Morgan fingerprint density at radius 3 is 2.65 bits per heavy atom. The van der Waals surface area contributed by atoms with Crippen LogP contribution in [0, 0.1) is 0 Å². The molecule has 0 aromatic heterocycles. The van der Waals surface area contributed by atoms with Gasteiger partial charge in [0.25, 0.3) is 0 Å². The van der Waals surface area contributed by atoms with E-state index >= 15 is 0 Å². The molecular weight excluding hydrogens is 238 g/mol. The summed E-state index contributed by atoms with van der Waals surface area (Å²) in [6, 6.07) is 7.30. The lowest BCUT2D eigenvalue weighted by Crippen LogP contribution is -2.27. The summed E-state index contributed by atoms with van der Waals surface area (Å²) in [5.41, 5.74) is 1.00. The Labute approximate surface area is 107 Å². The van der Waals surface area contributed by atoms with Gasteiger partial charge in [0.15, 0.2) is 0 Å². The molecule has 4 heteroatoms. The van der Waals surface area contributed by atoms with Gasteiger partial charge in [-0.2, -0.15) is 0 Å². The van der Waals surface area contributed by atoms with Crippen LogP contribution in [0.4, 0.5) is 4.79 Å². The SMILES string of the molecule is CCCCOC(=O)N[C@@H](C)c1ccc(Cl)cc1. The van der Waals surface area contributed by atoms with Gasteiger partial charge >= 0.3 is 6.09 Å². The first-order valence-electron chi connectivity index (χ1n) is 5.82. The number of amides is 1. The molecule has 0 bridgehead atoms. The molecule has 1 amide bonds. The highest BCUT2D eigenvalue weighted by Crippen LogP contribution is 2.15. The van der Waals surface area contributed by atoms with E-state index < -0.39 is 0 Å². The Bertz CT molecular complexity index is 351. The van der Waals surface area contributed by atoms with Crippen molar-refractivity contribution in [2.75, 3.05) is 6.61 Å². The van der Waals surface area contributed by atoms with Gasteiger partial charge in [0.2, 0.25) is 0 Å². The molecule has 0 fully saturated rings. The van der Waals surface area contributed by atoms with Gasteiger partial charge < -0.3 is 10.1 Å². The lowest BCUT2D eigenvalue weighted by atomic mass is 10.1. The zero-order valence-corrected chi connectivity index (χ0v) is 11.0. The second-order valence-corrected chi connectivity index (χ2v) is 4.34. The number of carbonyl (C=O) groups is 1. The van der Waals surface area contributed by atoms with E-state index in [1.807, 2.05) is 19.1 Å². The number of halogens is 1. The normalized spacial score (nSPS) is 11.9. The third-order valence-electron chi connectivity index (χ3n) is 2.44. The maximum Gasteiger partial charge on any atom is 0.407 e. The van der Waals surface area contributed by atoms with Crippen LogP contribution in [0.1, 0.15) is 38.3 Å². The summed E-state index contributed by atoms with van der Waals surface area (Å²) in [5, 5.41) is 3.46. The van der Waals surface area contributed by atoms with Gasteiger partial charge in [0, 0.05) is 5.02 Å². The Kier molecular flexibility index (Phi) is 5.84. The van der Waals surface area contributed by atoms with E-state index in [0.717, 1.165) is 18.4 Å². The monoisotopic (exact) mass is 255 g/mol. The van der Waals surface area contributed by atoms with Crippen LogP contribution in [-0.4, -0.2) is 12.7 Å². The lowest BCUT2D eigenvalue weighted by Gasteiger charge is -2.14. The fraction of sp³-hybridized carbons (Fsp3) is 0.462. The van der Waals surface area contributed by atoms with E-state index in [4.69, 9.17) is 16.3 Å². The van der Waals surface area contributed by atoms with Crippen LogP contribution in [0.5, 0.6) is 0 Å². The maximum atomic E-state index is 11.4. The number of unbranched alkanes of at least 4 members (excludes halogenated alkanes) is 1. The minimum Gasteiger partial charge on any atom is -0.450 e. The highest BCUT2D eigenvalue weighted by molar-refractivity contribution is 6.30. The summed E-state index contributed by atoms with van der Waals surface area (Å²) >= 11 is 5.79. The minimum atomic E-state index is -0.374. The van der Waals surface area contributed by atoms with E-state index in [0.29, 0.717) is 11.6 Å². The largest absolute Gasteiger partial charge is 0.450 e. The molecule has 1 aromatic carbocycles. The predicted octanol–water partition coefficient (Wildman–Crippen LogP) is 3.93. The molecule has 1 atom stereocenters. The van der Waals surface area contributed by atoms with Gasteiger partial charge in [-0.05, 0) is 31.0 Å². The molecule has 1 N–H and O–H groups in total. The fourth-order valence-electron chi connectivity index (χ4n) is 1.36. The third-order valence-corrected chi connectivity index (χ3v) is 2.69. The average Bonchev–Trinajstić information content (AvgIpc) is 2.30. The van der Waals surface area contributed by atoms with Crippen molar-refractivity contribution in [1.29, 1.82) is 0 Å². The van der Waals surface area contributed by atoms with Crippen LogP contribution in [0.25, 0.3) is 0 Å². The smallest absolute Gasteiger partial charge is 0.407 e. The number of carbonyl (C=O) groups excluding carboxylic acids is 1. The van der Waals surface area contributed by atoms with Crippen molar-refractivity contribution < 1.29 is 9.53 Å². The second kappa shape index (κ2) is 7.17. The van der Waals surface area contributed by atoms with Crippen LogP contribution in [-0.2, 0) is 4.74 Å². The third kappa shape index (κ3) is 5.09. The molecule has 0 saturated heterocycles. The molecule has 0 aliphatic rings. The number of ether oxygens (including phenoxy) is 1. The Morgan fingerprint density at radius 2 is 2.06 bits per heavy atom. The quantitative estimate of drug-likeness (QED) is 0.810. The Morgan fingerprint density at radius 1 is 1.41 bits per heavy atom. The average molecular weight is 256 g/mol. The number of benzene rings is 1. The van der Waals surface area contributed by atoms with Crippen molar-refractivity contribution in [3.63, 3.8) is 0 Å². The van der Waals surface area contributed by atoms with Crippen LogP contribution in [0.2, 0.25) is 5.02 Å². The molecule has 0 aliphatic carbocycles. The molecule has 0 spiro atoms. The summed E-state index contributed by atoms with van der Waals surface area (Å²) in [6.45, 7) is 4.43. The van der Waals surface area contributed by atoms with Gasteiger partial charge in [-0.25, -0.2) is 4.79 Å². The summed E-state index contributed by atoms with van der Waals surface area (Å²) in [5.74, 6) is 0. The summed E-state index contributed by atoms with van der Waals surface area (Å²) in [4.78, 5) is 11.4. The Balaban J connectivity index is 2.40. The van der Waals surface area contributed by atoms with E-state index in [1.165, 1.54) is 0 Å². The molecule has 1 rings (SSSR count). The first-order chi connectivity index (χ1) is 8.13. The minimum absolute atomic E-state index is 0.0820. The maximum absolute atomic E-state index is 11.4. The lowest BCUT2D eigenvalue weighted by molar-refractivity contribution is 0.141. The van der Waals surface area contributed by atoms with Crippen LogP contribution in [0.3, 0.4) is 0 Å². The summed E-state index contributed by atoms with van der Waals surface area (Å²) in [6.07, 6.45) is 1.53. The van der Waals surface area contributed by atoms with E-state index in [2.05, 4.69) is 12.2 Å². The van der Waals surface area contributed by atoms with Crippen molar-refractivity contribution in [3.05, 3.63) is 34.9 Å². The van der Waals surface area contributed by atoms with Crippen molar-refractivity contribution in [2.45, 2.75) is 32.7 Å². The van der Waals surface area contributed by atoms with Gasteiger partial charge in [-0.1, -0.05) is 37.1 Å². The molecule has 0 saturated carbocycles. The standard InChI is InChI=1S/C13H18ClNO2/c1-3-4-9-17-13(16)15-10(2)11-5-7-12(14)8-6-11/h5-8,10H,3-4,9H2,1-2H3,(H,15,16)/t10-/m0/s1. The molecule has 0 unspecified atom stereocenters. The molecule has 0 aliphatic heterocycles. The first kappa shape index (κ1) is 13.8. The van der Waals surface area contributed by atoms with Crippen molar-refractivity contribution in [3.8, 4) is 0 Å². The van der Waals surface area contributed by atoms with Gasteiger partial charge in [-0.15, -0.1) is 0 Å². The van der Waals surface area contributed by atoms with Crippen molar-refractivity contribution in [1.82, 2.24) is 5.32 Å². The zero-order valence-electron chi connectivity index (χ0n) is 10.2. The predicted molar refractivity (Wildman–Crippen MR) is 69.3 cm³/mol. The van der Waals surface area contributed by atoms with Crippen LogP contribution in [0.15, 0.2) is 24.3 Å². The second-order valence-electron chi connectivity index (χ2n) is 3.91. The van der Waals surface area contributed by atoms with E-state index in [9.17, 15) is 4.79 Å². The summed E-state index contributed by atoms with van der Waals surface area (Å²) in [7, 11) is 0. The molecular formula is C13H18ClNO2. The number of nitrogens with one attached hydrogen (secondary N) is 1. The molecule has 0 heterocycles. The molecule has 94 valence electrons. The van der Waals surface area contributed by atoms with E-state index in [1.54, 1.807) is 12.1 Å². The molecule has 3 nitrogen and oxygen atoms in total. The topological polar surface area (TPSA) is 38.3 Å². The van der Waals surface area contributed by atoms with Crippen molar-refractivity contribution >= 4 is 17.7 Å². The zero-order chi connectivity index (χ0) is 12.7. The number of alkyl carbamates (subject to hydrolysis) is 1. The number of hydrogen-bond donors (Lipinski definition) is 1. The fourth-order valence-corrected chi connectivity index (χ4v) is 1.49. The molecule has 17 heavy (non-hydrogen) atoms. The van der Waals surface area contributed by atoms with Gasteiger partial charge in [0.05, 0.1) is 12.6 Å². The molecule has 0 radical (unpaired) electrons. The van der Waals surface area contributed by atoms with Crippen LogP contribution >= 0.6 is 11.6 Å². The highest BCUT2D eigenvalue weighted by atomic mass is 35.5. The van der Waals surface area contributed by atoms with Gasteiger partial charge in [0.1, 0.15) is 0 Å². The molecule has 1 aromatic rings. The summed E-state index contributed by atoms with van der Waals surface area (Å²) < 4.78 is 5.02. The van der Waals surface area contributed by atoms with Gasteiger partial charge in [-0.3, -0.25) is 0 Å². The highest BCUT2D eigenvalue weighted by Gasteiger charge is 2.09. The number of hydrogen-bond acceptors (Lipinski definition) is 2. The van der Waals surface area contributed by atoms with Crippen LogP contribution < -0.4 is 5.32 Å². The Hall–Kier alpha value is -1.22. The number of rotatable bonds is 5. The van der Waals surface area contributed by atoms with Crippen molar-refractivity contribution in [2.24, 2.45) is 0 Å².